The molecule has 0 fully saturated rings. The fraction of sp³-hybridized carbons (Fsp3) is 0.419. The molecule has 0 radical (unpaired) electrons. The molecule has 2 amide bonds. The molecule has 0 bridgehead atoms. The van der Waals surface area contributed by atoms with Crippen LogP contribution >= 0.6 is 0 Å². The molecule has 0 aliphatic carbocycles. The average molecular weight is 708 g/mol. The highest BCUT2D eigenvalue weighted by Gasteiger charge is 2.37. The van der Waals surface area contributed by atoms with Crippen LogP contribution in [0.1, 0.15) is 63.6 Å². The second kappa shape index (κ2) is 19.9. The molecular weight excluding hydrogens is 651 g/mol. The van der Waals surface area contributed by atoms with E-state index in [0.29, 0.717) is 45.1 Å². The Labute approximate surface area is 309 Å². The number of carboxylic acid groups (broad SMARTS) is 1. The van der Waals surface area contributed by atoms with Crippen molar-refractivity contribution in [3.63, 3.8) is 0 Å². The summed E-state index contributed by atoms with van der Waals surface area (Å²) in [6.07, 6.45) is 2.90. The maximum absolute atomic E-state index is 14.2. The molecule has 0 aliphatic rings. The number of nitrogens with two attached hydrogens (primary N) is 1. The molecule has 0 aromatic heterocycles. The number of nitrogens with one attached hydrogen (secondary N) is 4. The van der Waals surface area contributed by atoms with Crippen molar-refractivity contribution in [2.45, 2.75) is 95.9 Å². The topological polar surface area (TPSA) is 146 Å². The number of fused-ring (bicyclic) bond motifs is 1. The van der Waals surface area contributed by atoms with Gasteiger partial charge in [0.1, 0.15) is 12.1 Å². The number of rotatable bonds is 21. The van der Waals surface area contributed by atoms with Crippen LogP contribution in [0.25, 0.3) is 10.8 Å². The monoisotopic (exact) mass is 707 g/mol. The Hall–Kier alpha value is -4.57. The molecule has 0 saturated carbocycles. The Morgan fingerprint density at radius 3 is 1.88 bits per heavy atom. The predicted molar refractivity (Wildman–Crippen MR) is 210 cm³/mol. The molecule has 0 unspecified atom stereocenters. The number of carbonyl (C=O) groups excluding carboxylic acids is 2. The van der Waals surface area contributed by atoms with E-state index >= 15 is 0 Å². The van der Waals surface area contributed by atoms with Gasteiger partial charge in [0, 0.05) is 31.6 Å². The Morgan fingerprint density at radius 1 is 0.692 bits per heavy atom. The lowest BCUT2D eigenvalue weighted by atomic mass is 9.90. The first-order valence-electron chi connectivity index (χ1n) is 18.7. The first kappa shape index (κ1) is 40.2. The highest BCUT2D eigenvalue weighted by molar-refractivity contribution is 5.92. The van der Waals surface area contributed by atoms with Crippen LogP contribution in [0.2, 0.25) is 0 Å². The molecular formula is C43H57N5O4. The summed E-state index contributed by atoms with van der Waals surface area (Å²) in [6.45, 7) is 8.57. The Bertz CT molecular complexity index is 1710. The smallest absolute Gasteiger partial charge is 0.320 e. The zero-order valence-electron chi connectivity index (χ0n) is 31.1. The third-order valence-corrected chi connectivity index (χ3v) is 9.85. The lowest BCUT2D eigenvalue weighted by Crippen LogP contribution is -2.62. The van der Waals surface area contributed by atoms with E-state index in [2.05, 4.69) is 51.6 Å². The van der Waals surface area contributed by atoms with Crippen LogP contribution in [0.15, 0.2) is 103 Å². The standard InChI is InChI=1S/C43H57N5O4/c1-5-43(6-2,46-28-36(44)25-33-21-22-34-19-13-14-20-35(34)24-33)42(52)48-38(27-32-17-11-8-12-18-32)40(49)47-37(26-31-15-9-7-10-16-31)29-45-39(41(50)51)23-30(3)4/h7-22,24,30,36-39,45-46H,5-6,23,25-29,44H2,1-4H3,(H,47,49)(H,48,52)(H,50,51)/t36-,37-,38-,39-/m0/s1. The molecule has 0 heterocycles. The second-order valence-corrected chi connectivity index (χ2v) is 14.4. The highest BCUT2D eigenvalue weighted by Crippen LogP contribution is 2.19. The maximum atomic E-state index is 14.2. The molecule has 9 nitrogen and oxygen atoms in total. The van der Waals surface area contributed by atoms with Gasteiger partial charge in [-0.15, -0.1) is 0 Å². The van der Waals surface area contributed by atoms with Crippen molar-refractivity contribution in [1.82, 2.24) is 21.3 Å². The van der Waals surface area contributed by atoms with Crippen molar-refractivity contribution in [2.75, 3.05) is 13.1 Å². The summed E-state index contributed by atoms with van der Waals surface area (Å²) in [4.78, 5) is 40.5. The van der Waals surface area contributed by atoms with Crippen LogP contribution in [0.3, 0.4) is 0 Å². The van der Waals surface area contributed by atoms with Gasteiger partial charge in [-0.25, -0.2) is 0 Å². The van der Waals surface area contributed by atoms with Crippen molar-refractivity contribution in [3.05, 3.63) is 120 Å². The second-order valence-electron chi connectivity index (χ2n) is 14.4. The van der Waals surface area contributed by atoms with Gasteiger partial charge in [-0.3, -0.25) is 14.4 Å². The van der Waals surface area contributed by atoms with Crippen LogP contribution in [0.5, 0.6) is 0 Å². The molecule has 278 valence electrons. The summed E-state index contributed by atoms with van der Waals surface area (Å²) in [5.74, 6) is -1.33. The zero-order valence-corrected chi connectivity index (χ0v) is 31.1. The van der Waals surface area contributed by atoms with Crippen LogP contribution in [0, 0.1) is 5.92 Å². The van der Waals surface area contributed by atoms with E-state index in [0.717, 1.165) is 22.1 Å². The molecule has 4 atom stereocenters. The van der Waals surface area contributed by atoms with Crippen molar-refractivity contribution in [1.29, 1.82) is 0 Å². The number of amides is 2. The molecule has 7 N–H and O–H groups in total. The van der Waals surface area contributed by atoms with Gasteiger partial charge in [0.05, 0.1) is 5.54 Å². The summed E-state index contributed by atoms with van der Waals surface area (Å²) in [6, 6.07) is 31.7. The van der Waals surface area contributed by atoms with Gasteiger partial charge in [0.15, 0.2) is 0 Å². The van der Waals surface area contributed by atoms with Crippen molar-refractivity contribution in [2.24, 2.45) is 11.7 Å². The van der Waals surface area contributed by atoms with Gasteiger partial charge >= 0.3 is 5.97 Å². The fourth-order valence-corrected chi connectivity index (χ4v) is 6.73. The van der Waals surface area contributed by atoms with Gasteiger partial charge < -0.3 is 32.1 Å². The first-order valence-corrected chi connectivity index (χ1v) is 18.7. The van der Waals surface area contributed by atoms with Crippen LogP contribution < -0.4 is 27.0 Å². The number of hydrogen-bond donors (Lipinski definition) is 6. The van der Waals surface area contributed by atoms with Gasteiger partial charge in [-0.05, 0) is 65.5 Å². The third-order valence-electron chi connectivity index (χ3n) is 9.85. The minimum absolute atomic E-state index is 0.181. The minimum Gasteiger partial charge on any atom is -0.480 e. The van der Waals surface area contributed by atoms with Crippen LogP contribution in [0.4, 0.5) is 0 Å². The number of aliphatic carboxylic acids is 1. The lowest BCUT2D eigenvalue weighted by Gasteiger charge is -2.34. The molecule has 4 rings (SSSR count). The number of hydrogen-bond acceptors (Lipinski definition) is 6. The van der Waals surface area contributed by atoms with Crippen LogP contribution in [-0.2, 0) is 33.6 Å². The van der Waals surface area contributed by atoms with E-state index in [1.54, 1.807) is 0 Å². The van der Waals surface area contributed by atoms with Gasteiger partial charge in [-0.2, -0.15) is 0 Å². The van der Waals surface area contributed by atoms with Crippen molar-refractivity contribution in [3.8, 4) is 0 Å². The van der Waals surface area contributed by atoms with Crippen LogP contribution in [-0.4, -0.2) is 65.7 Å². The van der Waals surface area contributed by atoms with Crippen molar-refractivity contribution < 1.29 is 19.5 Å². The van der Waals surface area contributed by atoms with Gasteiger partial charge in [0.2, 0.25) is 11.8 Å². The molecule has 4 aromatic rings. The quantitative estimate of drug-likeness (QED) is 0.0680. The SMILES string of the molecule is CCC(CC)(NC[C@@H](N)Cc1ccc2ccccc2c1)C(=O)N[C@@H](Cc1ccccc1)C(=O)N[C@H](CN[C@@H](CC(C)C)C(=O)O)Cc1ccccc1. The van der Waals surface area contributed by atoms with E-state index in [9.17, 15) is 19.5 Å². The molecule has 0 aliphatic heterocycles. The summed E-state index contributed by atoms with van der Waals surface area (Å²) >= 11 is 0. The lowest BCUT2D eigenvalue weighted by molar-refractivity contribution is -0.140. The Kier molecular flexibility index (Phi) is 15.4. The number of benzene rings is 4. The fourth-order valence-electron chi connectivity index (χ4n) is 6.73. The summed E-state index contributed by atoms with van der Waals surface area (Å²) in [7, 11) is 0. The minimum atomic E-state index is -0.938. The molecule has 0 spiro atoms. The highest BCUT2D eigenvalue weighted by atomic mass is 16.4. The summed E-state index contributed by atoms with van der Waals surface area (Å²) in [5, 5.41) is 25.2. The molecule has 52 heavy (non-hydrogen) atoms. The first-order chi connectivity index (χ1) is 25.0. The zero-order chi connectivity index (χ0) is 37.5. The van der Waals surface area contributed by atoms with E-state index in [-0.39, 0.29) is 30.3 Å². The third kappa shape index (κ3) is 12.0. The number of carbonyl (C=O) groups is 3. The van der Waals surface area contributed by atoms with Gasteiger partial charge in [-0.1, -0.05) is 131 Å². The number of carboxylic acids is 1. The van der Waals surface area contributed by atoms with E-state index < -0.39 is 29.6 Å². The van der Waals surface area contributed by atoms with Crippen molar-refractivity contribution >= 4 is 28.6 Å². The predicted octanol–water partition coefficient (Wildman–Crippen LogP) is 5.40. The summed E-state index contributed by atoms with van der Waals surface area (Å²) < 4.78 is 0. The Balaban J connectivity index is 1.50. The molecule has 4 aromatic carbocycles. The molecule has 0 saturated heterocycles. The molecule has 9 heteroatoms. The van der Waals surface area contributed by atoms with E-state index in [1.165, 1.54) is 5.39 Å². The van der Waals surface area contributed by atoms with E-state index in [4.69, 9.17) is 5.73 Å². The maximum Gasteiger partial charge on any atom is 0.320 e. The van der Waals surface area contributed by atoms with E-state index in [1.807, 2.05) is 100 Å². The van der Waals surface area contributed by atoms with Gasteiger partial charge in [0.25, 0.3) is 0 Å². The summed E-state index contributed by atoms with van der Waals surface area (Å²) in [5.41, 5.74) is 8.74. The Morgan fingerprint density at radius 2 is 1.29 bits per heavy atom. The average Bonchev–Trinajstić information content (AvgIpc) is 3.14. The normalized spacial score (nSPS) is 14.0. The largest absolute Gasteiger partial charge is 0.480 e.